The molecule has 0 N–H and O–H groups in total. The zero-order valence-corrected chi connectivity index (χ0v) is 11.9. The van der Waals surface area contributed by atoms with Crippen LogP contribution in [0.2, 0.25) is 10.0 Å². The van der Waals surface area contributed by atoms with Crippen LogP contribution in [0.5, 0.6) is 0 Å². The van der Waals surface area contributed by atoms with E-state index in [2.05, 4.69) is 15.9 Å². The van der Waals surface area contributed by atoms with E-state index in [1.54, 1.807) is 12.1 Å². The third-order valence-corrected chi connectivity index (χ3v) is 3.66. The summed E-state index contributed by atoms with van der Waals surface area (Å²) in [5.41, 5.74) is 0.541. The normalized spacial score (nSPS) is 20.6. The van der Waals surface area contributed by atoms with E-state index < -0.39 is 0 Å². The molecule has 1 heterocycles. The molecule has 1 aromatic rings. The van der Waals surface area contributed by atoms with E-state index in [1.165, 1.54) is 4.90 Å². The number of anilines is 1. The predicted molar refractivity (Wildman–Crippen MR) is 70.8 cm³/mol. The molecular weight excluding hydrogens is 336 g/mol. The number of hydrogen-bond donors (Lipinski definition) is 0. The molecule has 0 bridgehead atoms. The molecule has 1 aliphatic heterocycles. The van der Waals surface area contributed by atoms with Crippen LogP contribution in [0.15, 0.2) is 16.6 Å². The number of benzene rings is 1. The molecule has 0 saturated carbocycles. The SMILES string of the molecule is O=C1CC(Cl)CN1c1c(Cl)cc(Br)cc1Cl. The number of nitrogens with zero attached hydrogens (tertiary/aromatic N) is 1. The van der Waals surface area contributed by atoms with Crippen molar-refractivity contribution in [3.05, 3.63) is 26.7 Å². The maximum atomic E-state index is 11.7. The van der Waals surface area contributed by atoms with Gasteiger partial charge in [-0.05, 0) is 12.1 Å². The third kappa shape index (κ3) is 2.33. The number of carbonyl (C=O) groups excluding carboxylic acids is 1. The average molecular weight is 343 g/mol. The Bertz CT molecular complexity index is 429. The molecule has 1 unspecified atom stereocenters. The van der Waals surface area contributed by atoms with Gasteiger partial charge in [0.15, 0.2) is 0 Å². The first-order chi connectivity index (χ1) is 7.49. The maximum absolute atomic E-state index is 11.7. The quantitative estimate of drug-likeness (QED) is 0.703. The minimum Gasteiger partial charge on any atom is -0.308 e. The fourth-order valence-corrected chi connectivity index (χ4v) is 3.36. The van der Waals surface area contributed by atoms with Gasteiger partial charge in [-0.25, -0.2) is 0 Å². The molecule has 1 saturated heterocycles. The zero-order chi connectivity index (χ0) is 11.9. The second-order valence-electron chi connectivity index (χ2n) is 3.52. The highest BCUT2D eigenvalue weighted by atomic mass is 79.9. The van der Waals surface area contributed by atoms with Crippen molar-refractivity contribution in [2.45, 2.75) is 11.8 Å². The van der Waals surface area contributed by atoms with Crippen LogP contribution in [0.4, 0.5) is 5.69 Å². The van der Waals surface area contributed by atoms with E-state index in [9.17, 15) is 4.79 Å². The van der Waals surface area contributed by atoms with Crippen LogP contribution < -0.4 is 4.90 Å². The highest BCUT2D eigenvalue weighted by Gasteiger charge is 2.31. The summed E-state index contributed by atoms with van der Waals surface area (Å²) in [6.45, 7) is 0.446. The van der Waals surface area contributed by atoms with Crippen molar-refractivity contribution >= 4 is 62.3 Å². The maximum Gasteiger partial charge on any atom is 0.228 e. The second kappa shape index (κ2) is 4.73. The van der Waals surface area contributed by atoms with Gasteiger partial charge in [0.1, 0.15) is 0 Å². The van der Waals surface area contributed by atoms with Crippen molar-refractivity contribution in [2.24, 2.45) is 0 Å². The first-order valence-corrected chi connectivity index (χ1v) is 6.56. The van der Waals surface area contributed by atoms with Crippen LogP contribution in [0.25, 0.3) is 0 Å². The molecule has 0 spiro atoms. The summed E-state index contributed by atoms with van der Waals surface area (Å²) in [7, 11) is 0. The Morgan fingerprint density at radius 2 is 1.88 bits per heavy atom. The Kier molecular flexibility index (Phi) is 3.69. The molecule has 2 nitrogen and oxygen atoms in total. The largest absolute Gasteiger partial charge is 0.308 e. The van der Waals surface area contributed by atoms with Crippen LogP contribution in [0, 0.1) is 0 Å². The Hall–Kier alpha value is 0.0400. The molecular formula is C10H7BrCl3NO. The lowest BCUT2D eigenvalue weighted by Gasteiger charge is -2.19. The standard InChI is InChI=1S/C10H7BrCl3NO/c11-5-1-7(13)10(8(14)2-5)15-4-6(12)3-9(15)16/h1-2,6H,3-4H2. The summed E-state index contributed by atoms with van der Waals surface area (Å²) in [4.78, 5) is 13.2. The molecule has 16 heavy (non-hydrogen) atoms. The Morgan fingerprint density at radius 1 is 1.31 bits per heavy atom. The Labute approximate surface area is 117 Å². The van der Waals surface area contributed by atoms with E-state index >= 15 is 0 Å². The minimum absolute atomic E-state index is 0.0499. The van der Waals surface area contributed by atoms with E-state index in [-0.39, 0.29) is 11.3 Å². The Morgan fingerprint density at radius 3 is 2.31 bits per heavy atom. The van der Waals surface area contributed by atoms with E-state index in [1.807, 2.05) is 0 Å². The highest BCUT2D eigenvalue weighted by Crippen LogP contribution is 2.39. The van der Waals surface area contributed by atoms with Gasteiger partial charge in [0, 0.05) is 17.4 Å². The Balaban J connectivity index is 2.44. The number of rotatable bonds is 1. The van der Waals surface area contributed by atoms with Crippen LogP contribution in [0.1, 0.15) is 6.42 Å². The highest BCUT2D eigenvalue weighted by molar-refractivity contribution is 9.10. The van der Waals surface area contributed by atoms with Gasteiger partial charge in [0.2, 0.25) is 5.91 Å². The monoisotopic (exact) mass is 341 g/mol. The van der Waals surface area contributed by atoms with Crippen molar-refractivity contribution in [1.29, 1.82) is 0 Å². The lowest BCUT2D eigenvalue weighted by atomic mass is 10.3. The molecule has 86 valence electrons. The predicted octanol–water partition coefficient (Wildman–Crippen LogP) is 4.10. The smallest absolute Gasteiger partial charge is 0.228 e. The summed E-state index contributed by atoms with van der Waals surface area (Å²) in [6.07, 6.45) is 0.324. The van der Waals surface area contributed by atoms with E-state index in [4.69, 9.17) is 34.8 Å². The van der Waals surface area contributed by atoms with Crippen LogP contribution in [-0.4, -0.2) is 17.8 Å². The molecule has 1 fully saturated rings. The average Bonchev–Trinajstić information content (AvgIpc) is 2.43. The lowest BCUT2D eigenvalue weighted by Crippen LogP contribution is -2.25. The van der Waals surface area contributed by atoms with E-state index in [0.717, 1.165) is 4.47 Å². The number of alkyl halides is 1. The van der Waals surface area contributed by atoms with Crippen molar-refractivity contribution in [3.63, 3.8) is 0 Å². The zero-order valence-electron chi connectivity index (χ0n) is 8.01. The first kappa shape index (κ1) is 12.5. The molecule has 1 amide bonds. The number of carbonyl (C=O) groups is 1. The summed E-state index contributed by atoms with van der Waals surface area (Å²) in [6, 6.07) is 3.41. The van der Waals surface area contributed by atoms with Gasteiger partial charge < -0.3 is 4.90 Å². The van der Waals surface area contributed by atoms with Crippen LogP contribution >= 0.6 is 50.7 Å². The molecule has 1 aromatic carbocycles. The summed E-state index contributed by atoms with van der Waals surface area (Å²) >= 11 is 21.4. The van der Waals surface area contributed by atoms with Crippen molar-refractivity contribution in [2.75, 3.05) is 11.4 Å². The molecule has 2 rings (SSSR count). The molecule has 1 atom stereocenters. The van der Waals surface area contributed by atoms with Crippen molar-refractivity contribution < 1.29 is 4.79 Å². The lowest BCUT2D eigenvalue weighted by molar-refractivity contribution is -0.117. The van der Waals surface area contributed by atoms with Gasteiger partial charge in [-0.1, -0.05) is 39.1 Å². The van der Waals surface area contributed by atoms with Gasteiger partial charge in [-0.3, -0.25) is 4.79 Å². The molecule has 0 aliphatic carbocycles. The fourth-order valence-electron chi connectivity index (χ4n) is 1.67. The minimum atomic E-state index is -0.178. The van der Waals surface area contributed by atoms with Crippen LogP contribution in [-0.2, 0) is 4.79 Å². The number of hydrogen-bond acceptors (Lipinski definition) is 1. The molecule has 1 aliphatic rings. The second-order valence-corrected chi connectivity index (χ2v) is 5.87. The van der Waals surface area contributed by atoms with Gasteiger partial charge in [-0.15, -0.1) is 11.6 Å². The van der Waals surface area contributed by atoms with Gasteiger partial charge in [0.05, 0.1) is 21.1 Å². The fraction of sp³-hybridized carbons (Fsp3) is 0.300. The summed E-state index contributed by atoms with van der Waals surface area (Å²) in [5, 5.41) is 0.709. The van der Waals surface area contributed by atoms with Gasteiger partial charge in [-0.2, -0.15) is 0 Å². The number of amides is 1. The van der Waals surface area contributed by atoms with Crippen molar-refractivity contribution in [3.8, 4) is 0 Å². The van der Waals surface area contributed by atoms with Crippen molar-refractivity contribution in [1.82, 2.24) is 0 Å². The summed E-state index contributed by atoms with van der Waals surface area (Å²) < 4.78 is 0.778. The first-order valence-electron chi connectivity index (χ1n) is 4.58. The topological polar surface area (TPSA) is 20.3 Å². The van der Waals surface area contributed by atoms with Crippen LogP contribution in [0.3, 0.4) is 0 Å². The molecule has 6 heteroatoms. The molecule has 0 aromatic heterocycles. The number of halogens is 4. The summed E-state index contributed by atoms with van der Waals surface area (Å²) in [5.74, 6) is -0.0499. The molecule has 0 radical (unpaired) electrons. The van der Waals surface area contributed by atoms with Gasteiger partial charge >= 0.3 is 0 Å². The van der Waals surface area contributed by atoms with E-state index in [0.29, 0.717) is 28.7 Å². The third-order valence-electron chi connectivity index (χ3n) is 2.33. The van der Waals surface area contributed by atoms with Gasteiger partial charge in [0.25, 0.3) is 0 Å².